The molecule has 0 heterocycles. The lowest BCUT2D eigenvalue weighted by atomic mass is 10.1. The van der Waals surface area contributed by atoms with E-state index in [0.29, 0.717) is 0 Å². The molecule has 0 spiro atoms. The van der Waals surface area contributed by atoms with E-state index >= 15 is 0 Å². The van der Waals surface area contributed by atoms with Gasteiger partial charge in [0.25, 0.3) is 0 Å². The molecule has 84 valence electrons. The number of benzene rings is 1. The van der Waals surface area contributed by atoms with E-state index in [1.54, 1.807) is 0 Å². The van der Waals surface area contributed by atoms with E-state index < -0.39 is 0 Å². The van der Waals surface area contributed by atoms with Gasteiger partial charge in [0.15, 0.2) is 0 Å². The average Bonchev–Trinajstić information content (AvgIpc) is 2.23. The van der Waals surface area contributed by atoms with E-state index in [1.165, 1.54) is 12.0 Å². The van der Waals surface area contributed by atoms with Crippen molar-refractivity contribution in [2.45, 2.75) is 33.7 Å². The molecule has 2 nitrogen and oxygen atoms in total. The molecule has 0 fully saturated rings. The van der Waals surface area contributed by atoms with Gasteiger partial charge < -0.3 is 11.1 Å². The number of anilines is 1. The SMILES string of the molecule is CCC(C)CNCc1ccc(C)c(N)c1. The van der Waals surface area contributed by atoms with Gasteiger partial charge in [-0.15, -0.1) is 0 Å². The Bertz CT molecular complexity index is 307. The first-order valence-electron chi connectivity index (χ1n) is 5.69. The number of rotatable bonds is 5. The predicted molar refractivity (Wildman–Crippen MR) is 66.8 cm³/mol. The molecule has 1 unspecified atom stereocenters. The first kappa shape index (κ1) is 12.1. The fourth-order valence-electron chi connectivity index (χ4n) is 1.41. The maximum atomic E-state index is 5.85. The van der Waals surface area contributed by atoms with Crippen LogP contribution in [-0.4, -0.2) is 6.54 Å². The summed E-state index contributed by atoms with van der Waals surface area (Å²) in [5.41, 5.74) is 9.16. The molecule has 15 heavy (non-hydrogen) atoms. The summed E-state index contributed by atoms with van der Waals surface area (Å²) in [5, 5.41) is 3.44. The molecule has 0 saturated heterocycles. The highest BCUT2D eigenvalue weighted by atomic mass is 14.9. The molecular weight excluding hydrogens is 184 g/mol. The highest BCUT2D eigenvalue weighted by molar-refractivity contribution is 5.48. The van der Waals surface area contributed by atoms with Gasteiger partial charge in [-0.3, -0.25) is 0 Å². The Morgan fingerprint density at radius 2 is 2.13 bits per heavy atom. The molecule has 0 aromatic heterocycles. The topological polar surface area (TPSA) is 38.0 Å². The third-order valence-electron chi connectivity index (χ3n) is 2.86. The van der Waals surface area contributed by atoms with Crippen LogP contribution >= 0.6 is 0 Å². The summed E-state index contributed by atoms with van der Waals surface area (Å²) in [7, 11) is 0. The van der Waals surface area contributed by atoms with Gasteiger partial charge in [-0.25, -0.2) is 0 Å². The molecule has 2 heteroatoms. The van der Waals surface area contributed by atoms with Crippen molar-refractivity contribution in [3.63, 3.8) is 0 Å². The zero-order chi connectivity index (χ0) is 11.3. The standard InChI is InChI=1S/C13H22N2/c1-4-10(2)8-15-9-12-6-5-11(3)13(14)7-12/h5-7,10,15H,4,8-9,14H2,1-3H3. The van der Waals surface area contributed by atoms with Crippen LogP contribution < -0.4 is 11.1 Å². The van der Waals surface area contributed by atoms with Crippen molar-refractivity contribution in [3.05, 3.63) is 29.3 Å². The lowest BCUT2D eigenvalue weighted by molar-refractivity contribution is 0.500. The summed E-state index contributed by atoms with van der Waals surface area (Å²) in [5.74, 6) is 0.743. The van der Waals surface area contributed by atoms with E-state index in [1.807, 2.05) is 6.92 Å². The van der Waals surface area contributed by atoms with Gasteiger partial charge in [-0.1, -0.05) is 32.4 Å². The van der Waals surface area contributed by atoms with Crippen LogP contribution in [0.25, 0.3) is 0 Å². The van der Waals surface area contributed by atoms with E-state index in [-0.39, 0.29) is 0 Å². The predicted octanol–water partition coefficient (Wildman–Crippen LogP) is 2.71. The van der Waals surface area contributed by atoms with Crippen molar-refractivity contribution in [2.24, 2.45) is 5.92 Å². The van der Waals surface area contributed by atoms with E-state index in [0.717, 1.165) is 30.3 Å². The van der Waals surface area contributed by atoms with Crippen molar-refractivity contribution < 1.29 is 0 Å². The lowest BCUT2D eigenvalue weighted by Crippen LogP contribution is -2.20. The molecule has 1 aromatic carbocycles. The Morgan fingerprint density at radius 1 is 1.40 bits per heavy atom. The smallest absolute Gasteiger partial charge is 0.0346 e. The maximum absolute atomic E-state index is 5.85. The fourth-order valence-corrected chi connectivity index (χ4v) is 1.41. The third kappa shape index (κ3) is 3.92. The number of aryl methyl sites for hydroxylation is 1. The quantitative estimate of drug-likeness (QED) is 0.727. The van der Waals surface area contributed by atoms with Gasteiger partial charge >= 0.3 is 0 Å². The summed E-state index contributed by atoms with van der Waals surface area (Å²) in [4.78, 5) is 0. The van der Waals surface area contributed by atoms with Crippen molar-refractivity contribution in [3.8, 4) is 0 Å². The van der Waals surface area contributed by atoms with Gasteiger partial charge in [0.1, 0.15) is 0 Å². The van der Waals surface area contributed by atoms with Gasteiger partial charge in [-0.2, -0.15) is 0 Å². The minimum atomic E-state index is 0.743. The Labute approximate surface area is 92.9 Å². The van der Waals surface area contributed by atoms with E-state index in [2.05, 4.69) is 37.4 Å². The van der Waals surface area contributed by atoms with Crippen molar-refractivity contribution >= 4 is 5.69 Å². The first-order chi connectivity index (χ1) is 7.13. The summed E-state index contributed by atoms with van der Waals surface area (Å²) in [6, 6.07) is 6.27. The van der Waals surface area contributed by atoms with Crippen molar-refractivity contribution in [1.82, 2.24) is 5.32 Å². The molecule has 0 amide bonds. The second-order valence-electron chi connectivity index (χ2n) is 4.34. The zero-order valence-electron chi connectivity index (χ0n) is 10.0. The lowest BCUT2D eigenvalue weighted by Gasteiger charge is -2.10. The molecule has 0 aliphatic rings. The molecule has 1 rings (SSSR count). The van der Waals surface area contributed by atoms with Gasteiger partial charge in [-0.05, 0) is 36.6 Å². The van der Waals surface area contributed by atoms with Crippen LogP contribution in [0.3, 0.4) is 0 Å². The molecular formula is C13H22N2. The van der Waals surface area contributed by atoms with Crippen LogP contribution in [0.2, 0.25) is 0 Å². The number of nitrogen functional groups attached to an aromatic ring is 1. The molecule has 1 atom stereocenters. The maximum Gasteiger partial charge on any atom is 0.0346 e. The minimum Gasteiger partial charge on any atom is -0.399 e. The third-order valence-corrected chi connectivity index (χ3v) is 2.86. The summed E-state index contributed by atoms with van der Waals surface area (Å²) >= 11 is 0. The zero-order valence-corrected chi connectivity index (χ0v) is 10.0. The highest BCUT2D eigenvalue weighted by Crippen LogP contribution is 2.12. The Kier molecular flexibility index (Phi) is 4.63. The summed E-state index contributed by atoms with van der Waals surface area (Å²) in [6.07, 6.45) is 1.23. The van der Waals surface area contributed by atoms with Gasteiger partial charge in [0.2, 0.25) is 0 Å². The van der Waals surface area contributed by atoms with Crippen LogP contribution in [0, 0.1) is 12.8 Å². The number of hydrogen-bond acceptors (Lipinski definition) is 2. The largest absolute Gasteiger partial charge is 0.399 e. The van der Waals surface area contributed by atoms with E-state index in [9.17, 15) is 0 Å². The summed E-state index contributed by atoms with van der Waals surface area (Å²) < 4.78 is 0. The first-order valence-corrected chi connectivity index (χ1v) is 5.69. The van der Waals surface area contributed by atoms with Crippen LogP contribution in [0.15, 0.2) is 18.2 Å². The second kappa shape index (κ2) is 5.76. The van der Waals surface area contributed by atoms with Crippen molar-refractivity contribution in [2.75, 3.05) is 12.3 Å². The monoisotopic (exact) mass is 206 g/mol. The molecule has 0 radical (unpaired) electrons. The normalized spacial score (nSPS) is 12.7. The van der Waals surface area contributed by atoms with Gasteiger partial charge in [0, 0.05) is 12.2 Å². The number of nitrogens with two attached hydrogens (primary N) is 1. The average molecular weight is 206 g/mol. The molecule has 3 N–H and O–H groups in total. The van der Waals surface area contributed by atoms with Crippen molar-refractivity contribution in [1.29, 1.82) is 0 Å². The Balaban J connectivity index is 2.41. The van der Waals surface area contributed by atoms with Crippen LogP contribution in [-0.2, 0) is 6.54 Å². The second-order valence-corrected chi connectivity index (χ2v) is 4.34. The minimum absolute atomic E-state index is 0.743. The fraction of sp³-hybridized carbons (Fsp3) is 0.538. The van der Waals surface area contributed by atoms with Crippen LogP contribution in [0.1, 0.15) is 31.4 Å². The Morgan fingerprint density at radius 3 is 2.73 bits per heavy atom. The highest BCUT2D eigenvalue weighted by Gasteiger charge is 1.99. The molecule has 0 saturated carbocycles. The summed E-state index contributed by atoms with van der Waals surface area (Å²) in [6.45, 7) is 8.50. The molecule has 1 aromatic rings. The number of nitrogens with one attached hydrogen (secondary N) is 1. The molecule has 0 aliphatic heterocycles. The Hall–Kier alpha value is -1.02. The molecule has 0 bridgehead atoms. The van der Waals surface area contributed by atoms with Crippen LogP contribution in [0.4, 0.5) is 5.69 Å². The van der Waals surface area contributed by atoms with Crippen LogP contribution in [0.5, 0.6) is 0 Å². The van der Waals surface area contributed by atoms with Gasteiger partial charge in [0.05, 0.1) is 0 Å². The molecule has 0 aliphatic carbocycles. The number of hydrogen-bond donors (Lipinski definition) is 2. The van der Waals surface area contributed by atoms with E-state index in [4.69, 9.17) is 5.73 Å².